The molecular weight excluding hydrogens is 200 g/mol. The molecule has 16 heavy (non-hydrogen) atoms. The molecule has 3 atom stereocenters. The molecule has 2 aliphatic heterocycles. The van der Waals surface area contributed by atoms with Gasteiger partial charge in [0.05, 0.1) is 12.2 Å². The molecule has 3 unspecified atom stereocenters. The quantitative estimate of drug-likeness (QED) is 0.789. The van der Waals surface area contributed by atoms with Gasteiger partial charge in [-0.25, -0.2) is 0 Å². The first-order chi connectivity index (χ1) is 7.69. The Morgan fingerprint density at radius 3 is 2.56 bits per heavy atom. The second kappa shape index (κ2) is 5.48. The van der Waals surface area contributed by atoms with Gasteiger partial charge < -0.3 is 10.1 Å². The first-order valence-electron chi connectivity index (χ1n) is 6.73. The van der Waals surface area contributed by atoms with Crippen molar-refractivity contribution < 1.29 is 4.74 Å². The lowest BCUT2D eigenvalue weighted by Gasteiger charge is -2.37. The molecule has 0 bridgehead atoms. The van der Waals surface area contributed by atoms with E-state index in [2.05, 4.69) is 31.1 Å². The molecule has 3 heteroatoms. The van der Waals surface area contributed by atoms with E-state index in [-0.39, 0.29) is 0 Å². The van der Waals surface area contributed by atoms with Crippen molar-refractivity contribution >= 4 is 0 Å². The molecule has 0 aromatic heterocycles. The molecule has 3 nitrogen and oxygen atoms in total. The summed E-state index contributed by atoms with van der Waals surface area (Å²) < 4.78 is 5.81. The van der Waals surface area contributed by atoms with E-state index in [4.69, 9.17) is 4.74 Å². The smallest absolute Gasteiger partial charge is 0.0565 e. The zero-order valence-electron chi connectivity index (χ0n) is 10.9. The highest BCUT2D eigenvalue weighted by atomic mass is 16.5. The molecule has 0 radical (unpaired) electrons. The Morgan fingerprint density at radius 1 is 1.25 bits per heavy atom. The van der Waals surface area contributed by atoms with Gasteiger partial charge >= 0.3 is 0 Å². The molecule has 0 aliphatic carbocycles. The van der Waals surface area contributed by atoms with Gasteiger partial charge in [0.1, 0.15) is 0 Å². The van der Waals surface area contributed by atoms with E-state index in [0.29, 0.717) is 12.2 Å². The van der Waals surface area contributed by atoms with Crippen LogP contribution in [-0.2, 0) is 4.74 Å². The van der Waals surface area contributed by atoms with E-state index < -0.39 is 0 Å². The third-order valence-electron chi connectivity index (χ3n) is 4.00. The van der Waals surface area contributed by atoms with Crippen LogP contribution in [0, 0.1) is 5.92 Å². The van der Waals surface area contributed by atoms with Crippen LogP contribution >= 0.6 is 0 Å². The topological polar surface area (TPSA) is 24.5 Å². The van der Waals surface area contributed by atoms with Crippen molar-refractivity contribution in [2.24, 2.45) is 5.92 Å². The van der Waals surface area contributed by atoms with Crippen molar-refractivity contribution in [3.63, 3.8) is 0 Å². The maximum atomic E-state index is 5.81. The van der Waals surface area contributed by atoms with Gasteiger partial charge in [0, 0.05) is 12.6 Å². The normalized spacial score (nSPS) is 41.4. The molecular formula is C13H26N2O. The molecule has 2 rings (SSSR count). The monoisotopic (exact) mass is 226 g/mol. The molecule has 0 saturated carbocycles. The molecule has 1 N–H and O–H groups in total. The molecule has 2 aliphatic rings. The van der Waals surface area contributed by atoms with Crippen molar-refractivity contribution in [3.05, 3.63) is 0 Å². The summed E-state index contributed by atoms with van der Waals surface area (Å²) in [6, 6.07) is 0.764. The maximum absolute atomic E-state index is 5.81. The van der Waals surface area contributed by atoms with E-state index in [9.17, 15) is 0 Å². The van der Waals surface area contributed by atoms with E-state index in [1.54, 1.807) is 0 Å². The van der Waals surface area contributed by atoms with E-state index >= 15 is 0 Å². The zero-order valence-corrected chi connectivity index (χ0v) is 10.9. The molecule has 0 amide bonds. The third kappa shape index (κ3) is 2.96. The summed E-state index contributed by atoms with van der Waals surface area (Å²) in [5.74, 6) is 0.860. The summed E-state index contributed by atoms with van der Waals surface area (Å²) in [6.45, 7) is 8.17. The largest absolute Gasteiger partial charge is 0.375 e. The standard InChI is InChI=1S/C13H26N2O/c1-10-6-13(7-11(2)16-10)15-5-4-12(9-15)8-14-3/h10-14H,4-9H2,1-3H3. The number of hydrogen-bond acceptors (Lipinski definition) is 3. The van der Waals surface area contributed by atoms with Gasteiger partial charge in [-0.15, -0.1) is 0 Å². The number of ether oxygens (including phenoxy) is 1. The number of nitrogens with one attached hydrogen (secondary N) is 1. The Kier molecular flexibility index (Phi) is 4.22. The summed E-state index contributed by atoms with van der Waals surface area (Å²) >= 11 is 0. The Balaban J connectivity index is 1.84. The average molecular weight is 226 g/mol. The van der Waals surface area contributed by atoms with Gasteiger partial charge in [0.2, 0.25) is 0 Å². The van der Waals surface area contributed by atoms with Crippen LogP contribution in [0.3, 0.4) is 0 Å². The van der Waals surface area contributed by atoms with Crippen molar-refractivity contribution in [3.8, 4) is 0 Å². The van der Waals surface area contributed by atoms with Gasteiger partial charge in [-0.1, -0.05) is 0 Å². The minimum absolute atomic E-state index is 0.442. The first-order valence-corrected chi connectivity index (χ1v) is 6.73. The molecule has 94 valence electrons. The number of rotatable bonds is 3. The van der Waals surface area contributed by atoms with Crippen molar-refractivity contribution in [2.75, 3.05) is 26.7 Å². The zero-order chi connectivity index (χ0) is 11.5. The van der Waals surface area contributed by atoms with Crippen molar-refractivity contribution in [2.45, 2.75) is 51.4 Å². The lowest BCUT2D eigenvalue weighted by molar-refractivity contribution is -0.0621. The SMILES string of the molecule is CNCC1CCN(C2CC(C)OC(C)C2)C1. The fourth-order valence-corrected chi connectivity index (χ4v) is 3.32. The van der Waals surface area contributed by atoms with Crippen LogP contribution in [0.5, 0.6) is 0 Å². The summed E-state index contributed by atoms with van der Waals surface area (Å²) in [4.78, 5) is 2.69. The van der Waals surface area contributed by atoms with Crippen LogP contribution in [0.4, 0.5) is 0 Å². The van der Waals surface area contributed by atoms with Crippen LogP contribution in [0.25, 0.3) is 0 Å². The highest BCUT2D eigenvalue weighted by Gasteiger charge is 2.32. The molecule has 2 saturated heterocycles. The predicted octanol–water partition coefficient (Wildman–Crippen LogP) is 1.48. The fraction of sp³-hybridized carbons (Fsp3) is 1.00. The Morgan fingerprint density at radius 2 is 1.94 bits per heavy atom. The molecule has 0 aromatic rings. The summed E-state index contributed by atoms with van der Waals surface area (Å²) in [5, 5.41) is 3.30. The highest BCUT2D eigenvalue weighted by molar-refractivity contribution is 4.86. The molecule has 0 aromatic carbocycles. The van der Waals surface area contributed by atoms with Gasteiger partial charge in [-0.2, -0.15) is 0 Å². The fourth-order valence-electron chi connectivity index (χ4n) is 3.32. The van der Waals surface area contributed by atoms with E-state index in [1.165, 1.54) is 38.9 Å². The Labute approximate surface area is 99.5 Å². The second-order valence-electron chi connectivity index (χ2n) is 5.59. The summed E-state index contributed by atoms with van der Waals surface area (Å²) in [6.07, 6.45) is 4.68. The minimum Gasteiger partial charge on any atom is -0.375 e. The number of likely N-dealkylation sites (tertiary alicyclic amines) is 1. The number of nitrogens with zero attached hydrogens (tertiary/aromatic N) is 1. The maximum Gasteiger partial charge on any atom is 0.0565 e. The Bertz CT molecular complexity index is 212. The molecule has 0 spiro atoms. The predicted molar refractivity (Wildman–Crippen MR) is 66.6 cm³/mol. The van der Waals surface area contributed by atoms with E-state index in [0.717, 1.165) is 12.0 Å². The van der Waals surface area contributed by atoms with Gasteiger partial charge in [0.25, 0.3) is 0 Å². The third-order valence-corrected chi connectivity index (χ3v) is 4.00. The van der Waals surface area contributed by atoms with E-state index in [1.807, 2.05) is 0 Å². The van der Waals surface area contributed by atoms with Crippen molar-refractivity contribution in [1.82, 2.24) is 10.2 Å². The van der Waals surface area contributed by atoms with Crippen LogP contribution in [0.2, 0.25) is 0 Å². The van der Waals surface area contributed by atoms with Crippen LogP contribution in [0.15, 0.2) is 0 Å². The van der Waals surface area contributed by atoms with Crippen LogP contribution < -0.4 is 5.32 Å². The van der Waals surface area contributed by atoms with Crippen LogP contribution in [0.1, 0.15) is 33.1 Å². The van der Waals surface area contributed by atoms with Crippen LogP contribution in [-0.4, -0.2) is 49.8 Å². The lowest BCUT2D eigenvalue weighted by atomic mass is 9.98. The lowest BCUT2D eigenvalue weighted by Crippen LogP contribution is -2.43. The minimum atomic E-state index is 0.442. The van der Waals surface area contributed by atoms with Gasteiger partial charge in [0.15, 0.2) is 0 Å². The van der Waals surface area contributed by atoms with Gasteiger partial charge in [-0.05, 0) is 59.2 Å². The average Bonchev–Trinajstić information content (AvgIpc) is 2.65. The summed E-state index contributed by atoms with van der Waals surface area (Å²) in [5.41, 5.74) is 0. The van der Waals surface area contributed by atoms with Gasteiger partial charge in [-0.3, -0.25) is 4.90 Å². The molecule has 2 heterocycles. The molecule has 2 fully saturated rings. The summed E-state index contributed by atoms with van der Waals surface area (Å²) in [7, 11) is 2.06. The van der Waals surface area contributed by atoms with Crippen molar-refractivity contribution in [1.29, 1.82) is 0 Å². The Hall–Kier alpha value is -0.120. The first kappa shape index (κ1) is 12.3. The second-order valence-corrected chi connectivity index (χ2v) is 5.59. The highest BCUT2D eigenvalue weighted by Crippen LogP contribution is 2.27. The number of hydrogen-bond donors (Lipinski definition) is 1.